The lowest BCUT2D eigenvalue weighted by Gasteiger charge is -2.01. The molecule has 104 valence electrons. The quantitative estimate of drug-likeness (QED) is 0.825. The fourth-order valence-electron chi connectivity index (χ4n) is 1.63. The summed E-state index contributed by atoms with van der Waals surface area (Å²) in [5.74, 6) is 1.77. The topological polar surface area (TPSA) is 34.4 Å². The molecule has 0 amide bonds. The molecule has 0 spiro atoms. The SMILES string of the molecule is COCCNCc1ccc(-c2ccc(Cl)cc2)o1.Cl. The van der Waals surface area contributed by atoms with Crippen LogP contribution in [0.1, 0.15) is 5.76 Å². The van der Waals surface area contributed by atoms with Crippen molar-refractivity contribution in [3.8, 4) is 11.3 Å². The Kier molecular flexibility index (Phi) is 6.95. The molecular formula is C14H17Cl2NO2. The normalized spacial score (nSPS) is 10.2. The van der Waals surface area contributed by atoms with Crippen LogP contribution >= 0.6 is 24.0 Å². The Hall–Kier alpha value is -1.00. The third kappa shape index (κ3) is 4.88. The maximum absolute atomic E-state index is 5.85. The van der Waals surface area contributed by atoms with Gasteiger partial charge in [0.05, 0.1) is 13.2 Å². The standard InChI is InChI=1S/C14H16ClNO2.ClH/c1-17-9-8-16-10-13-6-7-14(18-13)11-2-4-12(15)5-3-11;/h2-7,16H,8-10H2,1H3;1H. The average Bonchev–Trinajstić information content (AvgIpc) is 2.84. The van der Waals surface area contributed by atoms with E-state index in [1.54, 1.807) is 7.11 Å². The highest BCUT2D eigenvalue weighted by atomic mass is 35.5. The van der Waals surface area contributed by atoms with E-state index in [1.807, 2.05) is 36.4 Å². The van der Waals surface area contributed by atoms with Gasteiger partial charge < -0.3 is 14.5 Å². The molecule has 0 radical (unpaired) electrons. The fourth-order valence-corrected chi connectivity index (χ4v) is 1.75. The van der Waals surface area contributed by atoms with Crippen LogP contribution in [0.25, 0.3) is 11.3 Å². The van der Waals surface area contributed by atoms with Crippen molar-refractivity contribution in [1.82, 2.24) is 5.32 Å². The molecule has 1 N–H and O–H groups in total. The van der Waals surface area contributed by atoms with Gasteiger partial charge in [-0.25, -0.2) is 0 Å². The molecule has 0 aliphatic heterocycles. The van der Waals surface area contributed by atoms with Gasteiger partial charge in [-0.2, -0.15) is 0 Å². The highest BCUT2D eigenvalue weighted by Crippen LogP contribution is 2.23. The van der Waals surface area contributed by atoms with Gasteiger partial charge in [-0.3, -0.25) is 0 Å². The summed E-state index contributed by atoms with van der Waals surface area (Å²) >= 11 is 5.85. The van der Waals surface area contributed by atoms with Crippen LogP contribution in [0.15, 0.2) is 40.8 Å². The second-order valence-corrected chi connectivity index (χ2v) is 4.38. The van der Waals surface area contributed by atoms with E-state index in [4.69, 9.17) is 20.8 Å². The van der Waals surface area contributed by atoms with E-state index in [2.05, 4.69) is 5.32 Å². The van der Waals surface area contributed by atoms with E-state index < -0.39 is 0 Å². The first-order valence-corrected chi connectivity index (χ1v) is 6.21. The maximum atomic E-state index is 5.85. The smallest absolute Gasteiger partial charge is 0.134 e. The minimum absolute atomic E-state index is 0. The summed E-state index contributed by atoms with van der Waals surface area (Å²) in [7, 11) is 1.69. The van der Waals surface area contributed by atoms with Crippen LogP contribution in [0, 0.1) is 0 Å². The van der Waals surface area contributed by atoms with Crippen LogP contribution in [0.2, 0.25) is 5.02 Å². The number of rotatable bonds is 6. The Balaban J connectivity index is 0.00000180. The van der Waals surface area contributed by atoms with Crippen molar-refractivity contribution in [1.29, 1.82) is 0 Å². The third-order valence-corrected chi connectivity index (χ3v) is 2.82. The number of methoxy groups -OCH3 is 1. The number of hydrogen-bond donors (Lipinski definition) is 1. The summed E-state index contributed by atoms with van der Waals surface area (Å²) in [6, 6.07) is 11.6. The van der Waals surface area contributed by atoms with Gasteiger partial charge in [0, 0.05) is 24.2 Å². The number of benzene rings is 1. The summed E-state index contributed by atoms with van der Waals surface area (Å²) in [6.45, 7) is 2.22. The Morgan fingerprint density at radius 2 is 1.89 bits per heavy atom. The molecule has 0 aliphatic carbocycles. The van der Waals surface area contributed by atoms with Crippen LogP contribution in [0.4, 0.5) is 0 Å². The summed E-state index contributed by atoms with van der Waals surface area (Å²) in [4.78, 5) is 0. The van der Waals surface area contributed by atoms with Crippen molar-refractivity contribution in [2.45, 2.75) is 6.54 Å². The lowest BCUT2D eigenvalue weighted by molar-refractivity contribution is 0.198. The lowest BCUT2D eigenvalue weighted by atomic mass is 10.2. The molecule has 1 heterocycles. The molecule has 5 heteroatoms. The predicted molar refractivity (Wildman–Crippen MR) is 80.0 cm³/mol. The summed E-state index contributed by atoms with van der Waals surface area (Å²) in [5, 5.41) is 3.97. The third-order valence-electron chi connectivity index (χ3n) is 2.57. The van der Waals surface area contributed by atoms with E-state index in [1.165, 1.54) is 0 Å². The number of hydrogen-bond acceptors (Lipinski definition) is 3. The van der Waals surface area contributed by atoms with Crippen molar-refractivity contribution < 1.29 is 9.15 Å². The van der Waals surface area contributed by atoms with Gasteiger partial charge in [-0.05, 0) is 36.4 Å². The van der Waals surface area contributed by atoms with E-state index in [0.29, 0.717) is 13.2 Å². The first-order chi connectivity index (χ1) is 8.79. The molecule has 0 saturated carbocycles. The maximum Gasteiger partial charge on any atom is 0.134 e. The zero-order valence-corrected chi connectivity index (χ0v) is 12.3. The molecule has 19 heavy (non-hydrogen) atoms. The van der Waals surface area contributed by atoms with Gasteiger partial charge in [0.15, 0.2) is 0 Å². The number of furan rings is 1. The minimum Gasteiger partial charge on any atom is -0.460 e. The average molecular weight is 302 g/mol. The highest BCUT2D eigenvalue weighted by Gasteiger charge is 2.04. The van der Waals surface area contributed by atoms with E-state index in [9.17, 15) is 0 Å². The summed E-state index contributed by atoms with van der Waals surface area (Å²) in [5.41, 5.74) is 1.03. The molecule has 1 aromatic heterocycles. The molecule has 1 aromatic carbocycles. The first-order valence-electron chi connectivity index (χ1n) is 5.84. The fraction of sp³-hybridized carbons (Fsp3) is 0.286. The summed E-state index contributed by atoms with van der Waals surface area (Å²) in [6.07, 6.45) is 0. The molecule has 0 atom stereocenters. The first kappa shape index (κ1) is 16.1. The zero-order chi connectivity index (χ0) is 12.8. The predicted octanol–water partition coefficient (Wildman–Crippen LogP) is 3.76. The number of halogens is 2. The van der Waals surface area contributed by atoms with Crippen LogP contribution in [0.5, 0.6) is 0 Å². The Bertz CT molecular complexity index is 482. The zero-order valence-electron chi connectivity index (χ0n) is 10.7. The van der Waals surface area contributed by atoms with E-state index in [-0.39, 0.29) is 12.4 Å². The lowest BCUT2D eigenvalue weighted by Crippen LogP contribution is -2.18. The van der Waals surface area contributed by atoms with Crippen molar-refractivity contribution in [3.05, 3.63) is 47.2 Å². The number of nitrogens with one attached hydrogen (secondary N) is 1. The van der Waals surface area contributed by atoms with Crippen LogP contribution in [-0.2, 0) is 11.3 Å². The molecule has 0 aliphatic rings. The molecule has 0 bridgehead atoms. The van der Waals surface area contributed by atoms with Crippen LogP contribution in [0.3, 0.4) is 0 Å². The van der Waals surface area contributed by atoms with Crippen molar-refractivity contribution >= 4 is 24.0 Å². The van der Waals surface area contributed by atoms with Crippen molar-refractivity contribution in [2.75, 3.05) is 20.3 Å². The van der Waals surface area contributed by atoms with Crippen LogP contribution in [-0.4, -0.2) is 20.3 Å². The minimum atomic E-state index is 0. The molecular weight excluding hydrogens is 285 g/mol. The van der Waals surface area contributed by atoms with E-state index >= 15 is 0 Å². The van der Waals surface area contributed by atoms with E-state index in [0.717, 1.165) is 28.7 Å². The Labute approximate surface area is 124 Å². The molecule has 3 nitrogen and oxygen atoms in total. The molecule has 2 aromatic rings. The Morgan fingerprint density at radius 1 is 1.16 bits per heavy atom. The molecule has 0 unspecified atom stereocenters. The van der Waals surface area contributed by atoms with Gasteiger partial charge in [0.1, 0.15) is 11.5 Å². The molecule has 0 fully saturated rings. The highest BCUT2D eigenvalue weighted by molar-refractivity contribution is 6.30. The second-order valence-electron chi connectivity index (χ2n) is 3.94. The molecule has 2 rings (SSSR count). The van der Waals surface area contributed by atoms with Gasteiger partial charge >= 0.3 is 0 Å². The van der Waals surface area contributed by atoms with Gasteiger partial charge in [-0.1, -0.05) is 11.6 Å². The monoisotopic (exact) mass is 301 g/mol. The number of ether oxygens (including phenoxy) is 1. The second kappa shape index (κ2) is 8.23. The van der Waals surface area contributed by atoms with Gasteiger partial charge in [0.25, 0.3) is 0 Å². The van der Waals surface area contributed by atoms with Crippen LogP contribution < -0.4 is 5.32 Å². The van der Waals surface area contributed by atoms with Crippen molar-refractivity contribution in [3.63, 3.8) is 0 Å². The summed E-state index contributed by atoms with van der Waals surface area (Å²) < 4.78 is 10.7. The van der Waals surface area contributed by atoms with Crippen molar-refractivity contribution in [2.24, 2.45) is 0 Å². The Morgan fingerprint density at radius 3 is 2.58 bits per heavy atom. The van der Waals surface area contributed by atoms with Gasteiger partial charge in [-0.15, -0.1) is 12.4 Å². The molecule has 0 saturated heterocycles. The van der Waals surface area contributed by atoms with Gasteiger partial charge in [0.2, 0.25) is 0 Å². The largest absolute Gasteiger partial charge is 0.460 e.